The highest BCUT2D eigenvalue weighted by atomic mass is 32.2. The summed E-state index contributed by atoms with van der Waals surface area (Å²) in [4.78, 5) is 29.4. The number of aromatic nitrogens is 3. The van der Waals surface area contributed by atoms with Gasteiger partial charge in [0.1, 0.15) is 0 Å². The van der Waals surface area contributed by atoms with Crippen LogP contribution in [0.5, 0.6) is 0 Å². The SMILES string of the molecule is C=CCn1c(SCC(=O)Nc2cc(C(C)C)no2)nc2ccccc2c1=O. The number of hydrogen-bond donors (Lipinski definition) is 1. The third kappa shape index (κ3) is 4.28. The highest BCUT2D eigenvalue weighted by Gasteiger charge is 2.14. The smallest absolute Gasteiger partial charge is 0.262 e. The minimum Gasteiger partial charge on any atom is -0.338 e. The molecule has 3 aromatic rings. The van der Waals surface area contributed by atoms with E-state index in [9.17, 15) is 9.59 Å². The molecule has 27 heavy (non-hydrogen) atoms. The summed E-state index contributed by atoms with van der Waals surface area (Å²) in [5.74, 6) is 0.335. The molecule has 1 N–H and O–H groups in total. The van der Waals surface area contributed by atoms with Gasteiger partial charge in [-0.05, 0) is 18.1 Å². The Hall–Kier alpha value is -2.87. The number of para-hydroxylation sites is 1. The Balaban J connectivity index is 1.77. The van der Waals surface area contributed by atoms with E-state index in [1.54, 1.807) is 30.3 Å². The fraction of sp³-hybridized carbons (Fsp3) is 0.263. The molecule has 0 aliphatic rings. The zero-order valence-corrected chi connectivity index (χ0v) is 16.0. The number of benzene rings is 1. The van der Waals surface area contributed by atoms with Gasteiger partial charge in [-0.1, -0.05) is 49.0 Å². The van der Waals surface area contributed by atoms with E-state index in [0.29, 0.717) is 28.5 Å². The van der Waals surface area contributed by atoms with Crippen molar-refractivity contribution in [1.82, 2.24) is 14.7 Å². The van der Waals surface area contributed by atoms with Crippen molar-refractivity contribution in [2.24, 2.45) is 0 Å². The standard InChI is InChI=1S/C19H20N4O3S/c1-4-9-23-18(25)13-7-5-6-8-14(13)20-19(23)27-11-16(24)21-17-10-15(12(2)3)22-26-17/h4-8,10,12H,1,9,11H2,2-3H3,(H,21,24). The Morgan fingerprint density at radius 2 is 2.19 bits per heavy atom. The number of thioether (sulfide) groups is 1. The molecule has 0 atom stereocenters. The molecule has 0 fully saturated rings. The molecule has 2 aromatic heterocycles. The average molecular weight is 384 g/mol. The van der Waals surface area contributed by atoms with Crippen LogP contribution in [0.1, 0.15) is 25.5 Å². The lowest BCUT2D eigenvalue weighted by atomic mass is 10.1. The fourth-order valence-electron chi connectivity index (χ4n) is 2.47. The molecule has 0 bridgehead atoms. The number of carbonyl (C=O) groups is 1. The molecule has 1 aromatic carbocycles. The number of fused-ring (bicyclic) bond motifs is 1. The van der Waals surface area contributed by atoms with Gasteiger partial charge >= 0.3 is 0 Å². The van der Waals surface area contributed by atoms with E-state index < -0.39 is 0 Å². The van der Waals surface area contributed by atoms with Crippen molar-refractivity contribution in [1.29, 1.82) is 0 Å². The van der Waals surface area contributed by atoms with Gasteiger partial charge in [0.15, 0.2) is 5.16 Å². The van der Waals surface area contributed by atoms with E-state index in [1.165, 1.54) is 16.3 Å². The molecule has 0 aliphatic heterocycles. The van der Waals surface area contributed by atoms with Crippen LogP contribution in [0.4, 0.5) is 5.88 Å². The molecule has 1 amide bonds. The summed E-state index contributed by atoms with van der Waals surface area (Å²) in [7, 11) is 0. The Bertz CT molecular complexity index is 1040. The monoisotopic (exact) mass is 384 g/mol. The zero-order chi connectivity index (χ0) is 19.4. The van der Waals surface area contributed by atoms with Gasteiger partial charge in [-0.2, -0.15) is 0 Å². The maximum Gasteiger partial charge on any atom is 0.262 e. The topological polar surface area (TPSA) is 90.0 Å². The number of anilines is 1. The Morgan fingerprint density at radius 3 is 2.89 bits per heavy atom. The van der Waals surface area contributed by atoms with Crippen molar-refractivity contribution in [2.45, 2.75) is 31.5 Å². The zero-order valence-electron chi connectivity index (χ0n) is 15.1. The Kier molecular flexibility index (Phi) is 5.75. The molecule has 0 saturated carbocycles. The van der Waals surface area contributed by atoms with Crippen LogP contribution in [-0.4, -0.2) is 26.4 Å². The van der Waals surface area contributed by atoms with E-state index in [-0.39, 0.29) is 23.1 Å². The number of nitrogens with zero attached hydrogens (tertiary/aromatic N) is 3. The lowest BCUT2D eigenvalue weighted by Gasteiger charge is -2.11. The normalized spacial score (nSPS) is 11.1. The van der Waals surface area contributed by atoms with Crippen molar-refractivity contribution in [2.75, 3.05) is 11.1 Å². The van der Waals surface area contributed by atoms with Gasteiger partial charge in [0.05, 0.1) is 22.3 Å². The highest BCUT2D eigenvalue weighted by molar-refractivity contribution is 7.99. The van der Waals surface area contributed by atoms with Crippen molar-refractivity contribution in [3.8, 4) is 0 Å². The Morgan fingerprint density at radius 1 is 1.41 bits per heavy atom. The van der Waals surface area contributed by atoms with Crippen LogP contribution in [0.3, 0.4) is 0 Å². The van der Waals surface area contributed by atoms with E-state index in [2.05, 4.69) is 22.0 Å². The van der Waals surface area contributed by atoms with Gasteiger partial charge in [-0.3, -0.25) is 19.5 Å². The first kappa shape index (κ1) is 18.9. The van der Waals surface area contributed by atoms with Crippen LogP contribution in [0.25, 0.3) is 10.9 Å². The van der Waals surface area contributed by atoms with Gasteiger partial charge in [-0.25, -0.2) is 4.98 Å². The van der Waals surface area contributed by atoms with Crippen LogP contribution in [0.15, 0.2) is 57.5 Å². The maximum atomic E-state index is 12.7. The van der Waals surface area contributed by atoms with Crippen molar-refractivity contribution >= 4 is 34.5 Å². The molecule has 0 aliphatic carbocycles. The number of carbonyl (C=O) groups excluding carboxylic acids is 1. The van der Waals surface area contributed by atoms with Crippen LogP contribution in [-0.2, 0) is 11.3 Å². The predicted octanol–water partition coefficient (Wildman–Crippen LogP) is 3.42. The van der Waals surface area contributed by atoms with E-state index in [4.69, 9.17) is 4.52 Å². The van der Waals surface area contributed by atoms with Crippen molar-refractivity contribution in [3.63, 3.8) is 0 Å². The van der Waals surface area contributed by atoms with Crippen LogP contribution < -0.4 is 10.9 Å². The third-order valence-electron chi connectivity index (χ3n) is 3.85. The van der Waals surface area contributed by atoms with E-state index in [0.717, 1.165) is 5.69 Å². The van der Waals surface area contributed by atoms with Crippen LogP contribution in [0.2, 0.25) is 0 Å². The second-order valence-corrected chi connectivity index (χ2v) is 7.17. The quantitative estimate of drug-likeness (QED) is 0.381. The summed E-state index contributed by atoms with van der Waals surface area (Å²) < 4.78 is 6.62. The summed E-state index contributed by atoms with van der Waals surface area (Å²) in [6, 6.07) is 8.84. The average Bonchev–Trinajstić information content (AvgIpc) is 3.11. The molecule has 0 saturated heterocycles. The minimum atomic E-state index is -0.265. The maximum absolute atomic E-state index is 12.7. The molecule has 0 unspecified atom stereocenters. The largest absolute Gasteiger partial charge is 0.338 e. The molecule has 2 heterocycles. The van der Waals surface area contributed by atoms with Crippen LogP contribution >= 0.6 is 11.8 Å². The number of rotatable bonds is 7. The molecular formula is C19H20N4O3S. The molecular weight excluding hydrogens is 364 g/mol. The summed E-state index contributed by atoms with van der Waals surface area (Å²) in [5.41, 5.74) is 1.22. The second kappa shape index (κ2) is 8.22. The molecule has 140 valence electrons. The summed E-state index contributed by atoms with van der Waals surface area (Å²) in [6.45, 7) is 7.99. The molecule has 0 spiro atoms. The third-order valence-corrected chi connectivity index (χ3v) is 4.83. The van der Waals surface area contributed by atoms with Crippen LogP contribution in [0, 0.1) is 0 Å². The number of amides is 1. The van der Waals surface area contributed by atoms with E-state index >= 15 is 0 Å². The number of nitrogens with one attached hydrogen (secondary N) is 1. The number of hydrogen-bond acceptors (Lipinski definition) is 6. The first-order valence-electron chi connectivity index (χ1n) is 8.49. The summed E-state index contributed by atoms with van der Waals surface area (Å²) >= 11 is 1.19. The molecule has 7 nitrogen and oxygen atoms in total. The fourth-order valence-corrected chi connectivity index (χ4v) is 3.28. The van der Waals surface area contributed by atoms with E-state index in [1.807, 2.05) is 19.9 Å². The second-order valence-electron chi connectivity index (χ2n) is 6.22. The lowest BCUT2D eigenvalue weighted by Crippen LogP contribution is -2.23. The molecule has 3 rings (SSSR count). The highest BCUT2D eigenvalue weighted by Crippen LogP contribution is 2.20. The predicted molar refractivity (Wildman–Crippen MR) is 106 cm³/mol. The van der Waals surface area contributed by atoms with Crippen molar-refractivity contribution < 1.29 is 9.32 Å². The number of allylic oxidation sites excluding steroid dienone is 1. The van der Waals surface area contributed by atoms with Gasteiger partial charge in [0.2, 0.25) is 11.8 Å². The van der Waals surface area contributed by atoms with Crippen molar-refractivity contribution in [3.05, 3.63) is 59.0 Å². The van der Waals surface area contributed by atoms with Gasteiger partial charge in [0, 0.05) is 12.6 Å². The Labute approximate surface area is 160 Å². The summed E-state index contributed by atoms with van der Waals surface area (Å²) in [6.07, 6.45) is 1.63. The van der Waals surface area contributed by atoms with Gasteiger partial charge in [-0.15, -0.1) is 6.58 Å². The molecule has 0 radical (unpaired) electrons. The lowest BCUT2D eigenvalue weighted by molar-refractivity contribution is -0.113. The molecule has 8 heteroatoms. The van der Waals surface area contributed by atoms with Gasteiger partial charge < -0.3 is 4.52 Å². The minimum absolute atomic E-state index is 0.0830. The first-order chi connectivity index (χ1) is 13.0. The first-order valence-corrected chi connectivity index (χ1v) is 9.48. The van der Waals surface area contributed by atoms with Gasteiger partial charge in [0.25, 0.3) is 5.56 Å². The summed E-state index contributed by atoms with van der Waals surface area (Å²) in [5, 5.41) is 7.58.